The maximum atomic E-state index is 6.32. The first-order valence-electron chi connectivity index (χ1n) is 10.3. The summed E-state index contributed by atoms with van der Waals surface area (Å²) in [6.45, 7) is 3.61. The number of benzene rings is 2. The molecule has 2 heterocycles. The highest BCUT2D eigenvalue weighted by molar-refractivity contribution is 7.80. The first-order valence-corrected chi connectivity index (χ1v) is 11.1. The van der Waals surface area contributed by atoms with Crippen LogP contribution in [-0.4, -0.2) is 57.5 Å². The lowest BCUT2D eigenvalue weighted by molar-refractivity contribution is 0.238. The largest absolute Gasteiger partial charge is 0.493 e. The normalized spacial score (nSPS) is 14.3. The Morgan fingerprint density at radius 2 is 1.84 bits per heavy atom. The molecule has 10 heteroatoms. The molecule has 3 aromatic rings. The molecule has 1 saturated heterocycles. The van der Waals surface area contributed by atoms with Crippen LogP contribution in [0.5, 0.6) is 11.5 Å². The molecule has 1 aliphatic heterocycles. The van der Waals surface area contributed by atoms with Crippen molar-refractivity contribution in [1.29, 1.82) is 0 Å². The Hall–Kier alpha value is -2.91. The minimum atomic E-state index is 0.165. The summed E-state index contributed by atoms with van der Waals surface area (Å²) >= 11 is 11.9. The number of halogens is 1. The molecule has 0 spiro atoms. The van der Waals surface area contributed by atoms with Gasteiger partial charge in [0.25, 0.3) is 0 Å². The van der Waals surface area contributed by atoms with Gasteiger partial charge in [-0.2, -0.15) is 4.80 Å². The van der Waals surface area contributed by atoms with Gasteiger partial charge in [-0.25, -0.2) is 0 Å². The summed E-state index contributed by atoms with van der Waals surface area (Å²) in [5, 5.41) is 17.7. The highest BCUT2D eigenvalue weighted by atomic mass is 35.5. The third kappa shape index (κ3) is 4.78. The van der Waals surface area contributed by atoms with E-state index in [2.05, 4.69) is 25.6 Å². The van der Waals surface area contributed by atoms with Crippen LogP contribution in [-0.2, 0) is 0 Å². The number of anilines is 1. The van der Waals surface area contributed by atoms with E-state index in [4.69, 9.17) is 33.3 Å². The van der Waals surface area contributed by atoms with E-state index in [1.165, 1.54) is 0 Å². The summed E-state index contributed by atoms with van der Waals surface area (Å²) in [7, 11) is 3.21. The lowest BCUT2D eigenvalue weighted by Crippen LogP contribution is -2.41. The number of rotatable bonds is 5. The zero-order valence-corrected chi connectivity index (χ0v) is 19.8. The number of likely N-dealkylation sites (tertiary alicyclic amines) is 1. The molecule has 1 aliphatic rings. The molecule has 0 aliphatic carbocycles. The molecule has 4 rings (SSSR count). The van der Waals surface area contributed by atoms with Crippen molar-refractivity contribution in [3.63, 3.8) is 0 Å². The summed E-state index contributed by atoms with van der Waals surface area (Å²) in [5.41, 5.74) is 2.76. The molecule has 0 unspecified atom stereocenters. The molecule has 168 valence electrons. The van der Waals surface area contributed by atoms with E-state index in [0.717, 1.165) is 42.7 Å². The molecular formula is C22H25ClN6O2S. The van der Waals surface area contributed by atoms with Crippen molar-refractivity contribution < 1.29 is 9.47 Å². The van der Waals surface area contributed by atoms with Crippen LogP contribution in [0.4, 0.5) is 5.69 Å². The Bertz CT molecular complexity index is 1110. The topological polar surface area (TPSA) is 77.3 Å². The zero-order valence-electron chi connectivity index (χ0n) is 18.2. The van der Waals surface area contributed by atoms with E-state index < -0.39 is 0 Å². The molecule has 1 fully saturated rings. The molecule has 1 aromatic heterocycles. The SMILES string of the molecule is COc1ccc(-c2nnn(C3CCN(C(=S)Nc4ccc(C)cc4Cl)CC3)n2)cc1OC. The van der Waals surface area contributed by atoms with Crippen LogP contribution < -0.4 is 14.8 Å². The summed E-state index contributed by atoms with van der Waals surface area (Å²) in [6, 6.07) is 11.6. The second-order valence-electron chi connectivity index (χ2n) is 7.63. The second-order valence-corrected chi connectivity index (χ2v) is 8.43. The van der Waals surface area contributed by atoms with Crippen LogP contribution in [0.1, 0.15) is 24.4 Å². The number of methoxy groups -OCH3 is 2. The van der Waals surface area contributed by atoms with Gasteiger partial charge in [0.2, 0.25) is 5.82 Å². The number of ether oxygens (including phenoxy) is 2. The fourth-order valence-corrected chi connectivity index (χ4v) is 4.26. The number of aromatic nitrogens is 4. The number of thiocarbonyl (C=S) groups is 1. The maximum Gasteiger partial charge on any atom is 0.205 e. The van der Waals surface area contributed by atoms with Crippen molar-refractivity contribution in [3.8, 4) is 22.9 Å². The van der Waals surface area contributed by atoms with Gasteiger partial charge in [-0.15, -0.1) is 10.2 Å². The van der Waals surface area contributed by atoms with E-state index in [9.17, 15) is 0 Å². The van der Waals surface area contributed by atoms with Gasteiger partial charge >= 0.3 is 0 Å². The van der Waals surface area contributed by atoms with Crippen molar-refractivity contribution >= 4 is 34.6 Å². The Morgan fingerprint density at radius 1 is 1.09 bits per heavy atom. The fourth-order valence-electron chi connectivity index (χ4n) is 3.69. The number of hydrogen-bond donors (Lipinski definition) is 1. The number of hydrogen-bond acceptors (Lipinski definition) is 6. The number of aryl methyl sites for hydroxylation is 1. The third-order valence-electron chi connectivity index (χ3n) is 5.51. The molecular weight excluding hydrogens is 448 g/mol. The molecule has 8 nitrogen and oxygen atoms in total. The van der Waals surface area contributed by atoms with Crippen LogP contribution >= 0.6 is 23.8 Å². The van der Waals surface area contributed by atoms with E-state index in [1.807, 2.05) is 43.3 Å². The quantitative estimate of drug-likeness (QED) is 0.549. The fraction of sp³-hybridized carbons (Fsp3) is 0.364. The molecule has 0 bridgehead atoms. The van der Waals surface area contributed by atoms with Gasteiger partial charge < -0.3 is 19.7 Å². The van der Waals surface area contributed by atoms with E-state index in [-0.39, 0.29) is 6.04 Å². The Balaban J connectivity index is 1.38. The van der Waals surface area contributed by atoms with E-state index in [1.54, 1.807) is 19.0 Å². The Kier molecular flexibility index (Phi) is 6.76. The van der Waals surface area contributed by atoms with Gasteiger partial charge in [0.15, 0.2) is 16.6 Å². The Morgan fingerprint density at radius 3 is 2.53 bits per heavy atom. The van der Waals surface area contributed by atoms with Gasteiger partial charge in [0.05, 0.1) is 31.0 Å². The average Bonchev–Trinajstić information content (AvgIpc) is 3.31. The molecule has 0 amide bonds. The van der Waals surface area contributed by atoms with Crippen LogP contribution in [0.25, 0.3) is 11.4 Å². The van der Waals surface area contributed by atoms with Crippen LogP contribution in [0.2, 0.25) is 5.02 Å². The Labute approximate surface area is 197 Å². The minimum absolute atomic E-state index is 0.165. The van der Waals surface area contributed by atoms with Gasteiger partial charge in [-0.3, -0.25) is 0 Å². The average molecular weight is 473 g/mol. The van der Waals surface area contributed by atoms with Crippen LogP contribution in [0.3, 0.4) is 0 Å². The van der Waals surface area contributed by atoms with Crippen LogP contribution in [0, 0.1) is 6.92 Å². The highest BCUT2D eigenvalue weighted by Crippen LogP contribution is 2.31. The second kappa shape index (κ2) is 9.70. The van der Waals surface area contributed by atoms with E-state index >= 15 is 0 Å². The lowest BCUT2D eigenvalue weighted by Gasteiger charge is -2.33. The standard InChI is InChI=1S/C22H25ClN6O2S/c1-14-4-6-18(17(23)12-14)24-22(32)28-10-8-16(9-11-28)29-26-21(25-27-29)15-5-7-19(30-2)20(13-15)31-3/h4-7,12-13,16H,8-11H2,1-3H3,(H,24,32). The van der Waals surface area contributed by atoms with Gasteiger partial charge in [0, 0.05) is 18.7 Å². The maximum absolute atomic E-state index is 6.32. The third-order valence-corrected chi connectivity index (χ3v) is 6.19. The monoisotopic (exact) mass is 472 g/mol. The van der Waals surface area contributed by atoms with E-state index in [0.29, 0.717) is 27.5 Å². The number of tetrazole rings is 1. The highest BCUT2D eigenvalue weighted by Gasteiger charge is 2.24. The first-order chi connectivity index (χ1) is 15.5. The van der Waals surface area contributed by atoms with Crippen molar-refractivity contribution in [2.45, 2.75) is 25.8 Å². The first kappa shape index (κ1) is 22.3. The molecule has 2 aromatic carbocycles. The van der Waals surface area contributed by atoms with Crippen molar-refractivity contribution in [3.05, 3.63) is 47.0 Å². The number of nitrogens with one attached hydrogen (secondary N) is 1. The zero-order chi connectivity index (χ0) is 22.7. The molecule has 1 N–H and O–H groups in total. The number of piperidine rings is 1. The van der Waals surface area contributed by atoms with Crippen molar-refractivity contribution in [2.75, 3.05) is 32.6 Å². The lowest BCUT2D eigenvalue weighted by atomic mass is 10.1. The molecule has 0 radical (unpaired) electrons. The molecule has 0 saturated carbocycles. The van der Waals surface area contributed by atoms with Gasteiger partial charge in [-0.1, -0.05) is 17.7 Å². The van der Waals surface area contributed by atoms with Crippen LogP contribution in [0.15, 0.2) is 36.4 Å². The summed E-state index contributed by atoms with van der Waals surface area (Å²) < 4.78 is 10.7. The predicted molar refractivity (Wildman–Crippen MR) is 129 cm³/mol. The van der Waals surface area contributed by atoms with Crippen molar-refractivity contribution in [1.82, 2.24) is 25.1 Å². The minimum Gasteiger partial charge on any atom is -0.493 e. The predicted octanol–water partition coefficient (Wildman–Crippen LogP) is 4.35. The van der Waals surface area contributed by atoms with Gasteiger partial charge in [0.1, 0.15) is 0 Å². The molecule has 0 atom stereocenters. The summed E-state index contributed by atoms with van der Waals surface area (Å²) in [6.07, 6.45) is 1.73. The summed E-state index contributed by atoms with van der Waals surface area (Å²) in [4.78, 5) is 3.85. The smallest absolute Gasteiger partial charge is 0.205 e. The molecule has 32 heavy (non-hydrogen) atoms. The number of nitrogens with zero attached hydrogens (tertiary/aromatic N) is 5. The summed E-state index contributed by atoms with van der Waals surface area (Å²) in [5.74, 6) is 1.84. The van der Waals surface area contributed by atoms with Gasteiger partial charge in [-0.05, 0) is 73.1 Å². The van der Waals surface area contributed by atoms with Crippen molar-refractivity contribution in [2.24, 2.45) is 0 Å².